The topological polar surface area (TPSA) is 54.7 Å². The Balaban J connectivity index is 2.33. The zero-order valence-corrected chi connectivity index (χ0v) is 9.95. The van der Waals surface area contributed by atoms with Crippen molar-refractivity contribution < 1.29 is 0 Å². The number of halogens is 1. The fourth-order valence-corrected chi connectivity index (χ4v) is 1.60. The number of aromatic nitrogens is 2. The maximum absolute atomic E-state index is 5.75. The standard InChI is InChI=1S/C11H12BrN3/c1-7(13)10-6-11(15-14-10)8-2-4-9(12)5-3-8/h2-7H,13H2,1H3,(H,14,15). The van der Waals surface area contributed by atoms with E-state index in [1.165, 1.54) is 0 Å². The van der Waals surface area contributed by atoms with E-state index in [1.807, 2.05) is 37.3 Å². The zero-order chi connectivity index (χ0) is 10.8. The second-order valence-corrected chi connectivity index (χ2v) is 4.42. The van der Waals surface area contributed by atoms with Crippen LogP contribution in [0.2, 0.25) is 0 Å². The third-order valence-corrected chi connectivity index (χ3v) is 2.76. The molecule has 3 N–H and O–H groups in total. The second-order valence-electron chi connectivity index (χ2n) is 3.50. The lowest BCUT2D eigenvalue weighted by Gasteiger charge is -1.97. The van der Waals surface area contributed by atoms with Gasteiger partial charge in [-0.1, -0.05) is 28.1 Å². The molecule has 15 heavy (non-hydrogen) atoms. The summed E-state index contributed by atoms with van der Waals surface area (Å²) in [6.45, 7) is 1.93. The SMILES string of the molecule is CC(N)c1cc(-c2ccc(Br)cc2)n[nH]1. The number of nitrogens with two attached hydrogens (primary N) is 1. The van der Waals surface area contributed by atoms with Crippen molar-refractivity contribution in [1.29, 1.82) is 0 Å². The summed E-state index contributed by atoms with van der Waals surface area (Å²) >= 11 is 3.40. The van der Waals surface area contributed by atoms with Crippen molar-refractivity contribution in [2.75, 3.05) is 0 Å². The molecule has 1 aromatic heterocycles. The first-order valence-corrected chi connectivity index (χ1v) is 5.53. The molecule has 0 saturated heterocycles. The maximum Gasteiger partial charge on any atom is 0.0924 e. The summed E-state index contributed by atoms with van der Waals surface area (Å²) in [5, 5.41) is 7.15. The smallest absolute Gasteiger partial charge is 0.0924 e. The summed E-state index contributed by atoms with van der Waals surface area (Å²) in [6, 6.07) is 10.00. The molecule has 1 aromatic carbocycles. The Hall–Kier alpha value is -1.13. The van der Waals surface area contributed by atoms with Crippen molar-refractivity contribution in [2.45, 2.75) is 13.0 Å². The van der Waals surface area contributed by atoms with Crippen LogP contribution >= 0.6 is 15.9 Å². The molecule has 0 aliphatic rings. The first-order chi connectivity index (χ1) is 7.16. The summed E-state index contributed by atoms with van der Waals surface area (Å²) in [4.78, 5) is 0. The van der Waals surface area contributed by atoms with Crippen molar-refractivity contribution in [1.82, 2.24) is 10.2 Å². The van der Waals surface area contributed by atoms with Crippen LogP contribution in [0.3, 0.4) is 0 Å². The Morgan fingerprint density at radius 1 is 1.33 bits per heavy atom. The van der Waals surface area contributed by atoms with Crippen LogP contribution in [-0.2, 0) is 0 Å². The van der Waals surface area contributed by atoms with Gasteiger partial charge in [0.15, 0.2) is 0 Å². The van der Waals surface area contributed by atoms with Crippen LogP contribution in [0.5, 0.6) is 0 Å². The van der Waals surface area contributed by atoms with Crippen LogP contribution in [0.4, 0.5) is 0 Å². The number of rotatable bonds is 2. The normalized spacial score (nSPS) is 12.7. The van der Waals surface area contributed by atoms with Crippen LogP contribution in [0, 0.1) is 0 Å². The first kappa shape index (κ1) is 10.4. The fraction of sp³-hybridized carbons (Fsp3) is 0.182. The summed E-state index contributed by atoms with van der Waals surface area (Å²) < 4.78 is 1.06. The quantitative estimate of drug-likeness (QED) is 0.878. The van der Waals surface area contributed by atoms with Gasteiger partial charge in [-0.25, -0.2) is 0 Å². The molecule has 0 fully saturated rings. The molecule has 0 aliphatic carbocycles. The molecule has 0 aliphatic heterocycles. The summed E-state index contributed by atoms with van der Waals surface area (Å²) in [5.74, 6) is 0. The predicted molar refractivity (Wildman–Crippen MR) is 64.3 cm³/mol. The predicted octanol–water partition coefficient (Wildman–Crippen LogP) is 2.86. The fourth-order valence-electron chi connectivity index (χ4n) is 1.34. The Kier molecular flexibility index (Phi) is 2.88. The summed E-state index contributed by atoms with van der Waals surface area (Å²) in [6.07, 6.45) is 0. The molecule has 4 heteroatoms. The van der Waals surface area contributed by atoms with Crippen LogP contribution in [0.1, 0.15) is 18.7 Å². The molecule has 0 saturated carbocycles. The van der Waals surface area contributed by atoms with Crippen molar-refractivity contribution in [3.05, 3.63) is 40.5 Å². The van der Waals surface area contributed by atoms with Gasteiger partial charge >= 0.3 is 0 Å². The number of hydrogen-bond donors (Lipinski definition) is 2. The van der Waals surface area contributed by atoms with Gasteiger partial charge in [-0.2, -0.15) is 5.10 Å². The number of H-pyrrole nitrogens is 1. The molecule has 2 rings (SSSR count). The van der Waals surface area contributed by atoms with Gasteiger partial charge in [0.05, 0.1) is 11.4 Å². The molecule has 3 nitrogen and oxygen atoms in total. The van der Waals surface area contributed by atoms with E-state index in [0.717, 1.165) is 21.4 Å². The molecular weight excluding hydrogens is 254 g/mol. The molecule has 2 aromatic rings. The highest BCUT2D eigenvalue weighted by Crippen LogP contribution is 2.21. The average molecular weight is 266 g/mol. The van der Waals surface area contributed by atoms with Gasteiger partial charge in [0.25, 0.3) is 0 Å². The Bertz CT molecular complexity index is 445. The highest BCUT2D eigenvalue weighted by Gasteiger charge is 2.06. The molecule has 0 spiro atoms. The van der Waals surface area contributed by atoms with E-state index in [2.05, 4.69) is 26.1 Å². The average Bonchev–Trinajstić information content (AvgIpc) is 2.68. The van der Waals surface area contributed by atoms with Crippen LogP contribution in [-0.4, -0.2) is 10.2 Å². The lowest BCUT2D eigenvalue weighted by atomic mass is 10.1. The van der Waals surface area contributed by atoms with Crippen LogP contribution in [0.25, 0.3) is 11.3 Å². The highest BCUT2D eigenvalue weighted by atomic mass is 79.9. The largest absolute Gasteiger partial charge is 0.323 e. The van der Waals surface area contributed by atoms with E-state index in [4.69, 9.17) is 5.73 Å². The number of nitrogens with zero attached hydrogens (tertiary/aromatic N) is 1. The molecule has 0 bridgehead atoms. The number of benzene rings is 1. The summed E-state index contributed by atoms with van der Waals surface area (Å²) in [7, 11) is 0. The van der Waals surface area contributed by atoms with E-state index in [9.17, 15) is 0 Å². The lowest BCUT2D eigenvalue weighted by Crippen LogP contribution is -2.04. The third kappa shape index (κ3) is 2.27. The van der Waals surface area contributed by atoms with Crippen LogP contribution < -0.4 is 5.73 Å². The van der Waals surface area contributed by atoms with Gasteiger partial charge in [-0.15, -0.1) is 0 Å². The minimum atomic E-state index is -0.0123. The van der Waals surface area contributed by atoms with Gasteiger partial charge in [-0.3, -0.25) is 5.10 Å². The Morgan fingerprint density at radius 3 is 2.53 bits per heavy atom. The first-order valence-electron chi connectivity index (χ1n) is 4.73. The van der Waals surface area contributed by atoms with Crippen molar-refractivity contribution in [3.8, 4) is 11.3 Å². The molecular formula is C11H12BrN3. The van der Waals surface area contributed by atoms with Gasteiger partial charge in [-0.05, 0) is 25.1 Å². The lowest BCUT2D eigenvalue weighted by molar-refractivity contribution is 0.772. The maximum atomic E-state index is 5.75. The van der Waals surface area contributed by atoms with E-state index < -0.39 is 0 Å². The number of aromatic amines is 1. The van der Waals surface area contributed by atoms with E-state index in [-0.39, 0.29) is 6.04 Å². The van der Waals surface area contributed by atoms with Gasteiger partial charge in [0, 0.05) is 16.1 Å². The van der Waals surface area contributed by atoms with Gasteiger partial charge in [0.2, 0.25) is 0 Å². The second kappa shape index (κ2) is 4.16. The van der Waals surface area contributed by atoms with Gasteiger partial charge < -0.3 is 5.73 Å². The van der Waals surface area contributed by atoms with E-state index in [1.54, 1.807) is 0 Å². The third-order valence-electron chi connectivity index (χ3n) is 2.23. The van der Waals surface area contributed by atoms with E-state index >= 15 is 0 Å². The Morgan fingerprint density at radius 2 is 2.00 bits per heavy atom. The van der Waals surface area contributed by atoms with Crippen molar-refractivity contribution in [2.24, 2.45) is 5.73 Å². The van der Waals surface area contributed by atoms with Crippen molar-refractivity contribution >= 4 is 15.9 Å². The zero-order valence-electron chi connectivity index (χ0n) is 8.37. The van der Waals surface area contributed by atoms with Crippen molar-refractivity contribution in [3.63, 3.8) is 0 Å². The number of hydrogen-bond acceptors (Lipinski definition) is 2. The molecule has 1 heterocycles. The molecule has 1 unspecified atom stereocenters. The van der Waals surface area contributed by atoms with Crippen LogP contribution in [0.15, 0.2) is 34.8 Å². The molecule has 0 amide bonds. The molecule has 0 radical (unpaired) electrons. The summed E-state index contributed by atoms with van der Waals surface area (Å²) in [5.41, 5.74) is 8.71. The minimum Gasteiger partial charge on any atom is -0.323 e. The Labute approximate surface area is 96.8 Å². The monoisotopic (exact) mass is 265 g/mol. The minimum absolute atomic E-state index is 0.0123. The highest BCUT2D eigenvalue weighted by molar-refractivity contribution is 9.10. The molecule has 78 valence electrons. The van der Waals surface area contributed by atoms with E-state index in [0.29, 0.717) is 0 Å². The molecule has 1 atom stereocenters. The van der Waals surface area contributed by atoms with Gasteiger partial charge in [0.1, 0.15) is 0 Å². The number of nitrogens with one attached hydrogen (secondary N) is 1.